The first kappa shape index (κ1) is 20.7. The Hall–Kier alpha value is -2.35. The van der Waals surface area contributed by atoms with Crippen molar-refractivity contribution < 1.29 is 28.9 Å². The first-order valence-corrected chi connectivity index (χ1v) is 7.92. The van der Waals surface area contributed by atoms with E-state index >= 15 is 0 Å². The van der Waals surface area contributed by atoms with Crippen molar-refractivity contribution in [2.75, 3.05) is 13.7 Å². The number of nitrogens with one attached hydrogen (secondary N) is 1. The van der Waals surface area contributed by atoms with E-state index in [0.29, 0.717) is 0 Å². The lowest BCUT2D eigenvalue weighted by molar-refractivity contribution is -0.155. The maximum atomic E-state index is 12.2. The molecule has 0 saturated carbocycles. The van der Waals surface area contributed by atoms with Crippen LogP contribution in [-0.2, 0) is 14.3 Å². The number of hydrogen-bond acceptors (Lipinski definition) is 7. The third kappa shape index (κ3) is 6.58. The number of carbonyl (C=O) groups excluding carboxylic acids is 2. The summed E-state index contributed by atoms with van der Waals surface area (Å²) in [6, 6.07) is 0.498. The fraction of sp³-hybridized carbons (Fsp3) is 0.588. The zero-order valence-corrected chi connectivity index (χ0v) is 15.5. The van der Waals surface area contributed by atoms with Crippen molar-refractivity contribution in [1.29, 1.82) is 0 Å². The molecule has 0 aliphatic rings. The highest BCUT2D eigenvalue weighted by molar-refractivity contribution is 5.97. The van der Waals surface area contributed by atoms with E-state index in [9.17, 15) is 14.7 Å². The molecule has 0 bridgehead atoms. The number of pyridine rings is 1. The molecule has 0 saturated heterocycles. The van der Waals surface area contributed by atoms with Gasteiger partial charge in [0.1, 0.15) is 12.1 Å². The Balaban J connectivity index is 2.61. The Kier molecular flexibility index (Phi) is 7.17. The highest BCUT2D eigenvalue weighted by atomic mass is 16.6. The van der Waals surface area contributed by atoms with Crippen molar-refractivity contribution in [3.8, 4) is 11.5 Å². The molecule has 0 aromatic carbocycles. The number of amides is 1. The Morgan fingerprint density at radius 2 is 1.96 bits per heavy atom. The summed E-state index contributed by atoms with van der Waals surface area (Å²) >= 11 is 0. The number of hydrogen-bond donors (Lipinski definition) is 2. The molecule has 1 amide bonds. The van der Waals surface area contributed by atoms with Gasteiger partial charge in [0, 0.05) is 12.3 Å². The second-order valence-corrected chi connectivity index (χ2v) is 6.58. The number of ether oxygens (including phenoxy) is 3. The second-order valence-electron chi connectivity index (χ2n) is 6.58. The van der Waals surface area contributed by atoms with Crippen molar-refractivity contribution in [2.45, 2.75) is 52.4 Å². The zero-order valence-electron chi connectivity index (χ0n) is 15.5. The van der Waals surface area contributed by atoms with Gasteiger partial charge in [-0.25, -0.2) is 9.78 Å². The highest BCUT2D eigenvalue weighted by Gasteiger charge is 2.24. The van der Waals surface area contributed by atoms with E-state index in [0.717, 1.165) is 0 Å². The Bertz CT molecular complexity index is 612. The largest absolute Gasteiger partial charge is 0.503 e. The van der Waals surface area contributed by atoms with Crippen LogP contribution < -0.4 is 10.1 Å². The Morgan fingerprint density at radius 3 is 2.52 bits per heavy atom. The summed E-state index contributed by atoms with van der Waals surface area (Å²) < 4.78 is 15.7. The van der Waals surface area contributed by atoms with Crippen molar-refractivity contribution in [2.24, 2.45) is 0 Å². The molecule has 0 aliphatic heterocycles. The fourth-order valence-corrected chi connectivity index (χ4v) is 1.79. The van der Waals surface area contributed by atoms with E-state index in [4.69, 9.17) is 14.2 Å². The first-order chi connectivity index (χ1) is 11.5. The van der Waals surface area contributed by atoms with Crippen LogP contribution in [0, 0.1) is 0 Å². The molecule has 2 atom stereocenters. The van der Waals surface area contributed by atoms with Gasteiger partial charge >= 0.3 is 5.97 Å². The molecule has 0 aliphatic carbocycles. The van der Waals surface area contributed by atoms with Crippen LogP contribution in [0.4, 0.5) is 0 Å². The monoisotopic (exact) mass is 354 g/mol. The molecule has 1 rings (SSSR count). The lowest BCUT2D eigenvalue weighted by Crippen LogP contribution is -2.41. The summed E-state index contributed by atoms with van der Waals surface area (Å²) in [7, 11) is 1.36. The number of aromatic hydroxyl groups is 1. The molecule has 0 fully saturated rings. The van der Waals surface area contributed by atoms with E-state index in [1.807, 2.05) is 20.8 Å². The molecule has 25 heavy (non-hydrogen) atoms. The van der Waals surface area contributed by atoms with Crippen molar-refractivity contribution in [3.05, 3.63) is 18.0 Å². The van der Waals surface area contributed by atoms with Crippen LogP contribution in [0.15, 0.2) is 12.3 Å². The number of esters is 1. The minimum atomic E-state index is -0.919. The van der Waals surface area contributed by atoms with Crippen LogP contribution in [0.3, 0.4) is 0 Å². The lowest BCUT2D eigenvalue weighted by Gasteiger charge is -2.23. The van der Waals surface area contributed by atoms with Crippen LogP contribution in [0.2, 0.25) is 0 Å². The zero-order chi connectivity index (χ0) is 19.2. The lowest BCUT2D eigenvalue weighted by atomic mass is 10.2. The number of aromatic nitrogens is 1. The van der Waals surface area contributed by atoms with Gasteiger partial charge in [-0.2, -0.15) is 0 Å². The average Bonchev–Trinajstić information content (AvgIpc) is 2.52. The van der Waals surface area contributed by atoms with Gasteiger partial charge in [0.2, 0.25) is 0 Å². The highest BCUT2D eigenvalue weighted by Crippen LogP contribution is 2.27. The third-order valence-electron chi connectivity index (χ3n) is 3.09. The second kappa shape index (κ2) is 8.66. The van der Waals surface area contributed by atoms with Crippen molar-refractivity contribution >= 4 is 11.9 Å². The van der Waals surface area contributed by atoms with Gasteiger partial charge in [0.05, 0.1) is 19.3 Å². The molecule has 1 aromatic rings. The number of nitrogens with zero attached hydrogens (tertiary/aromatic N) is 1. The van der Waals surface area contributed by atoms with Gasteiger partial charge in [-0.1, -0.05) is 0 Å². The van der Waals surface area contributed by atoms with E-state index in [2.05, 4.69) is 10.3 Å². The third-order valence-corrected chi connectivity index (χ3v) is 3.09. The molecular weight excluding hydrogens is 328 g/mol. The molecule has 1 aromatic heterocycles. The van der Waals surface area contributed by atoms with Crippen molar-refractivity contribution in [3.63, 3.8) is 0 Å². The predicted molar refractivity (Wildman–Crippen MR) is 90.6 cm³/mol. The topological polar surface area (TPSA) is 107 Å². The summed E-state index contributed by atoms with van der Waals surface area (Å²) in [5, 5.41) is 12.4. The van der Waals surface area contributed by atoms with Gasteiger partial charge in [-0.15, -0.1) is 0 Å². The fourth-order valence-electron chi connectivity index (χ4n) is 1.79. The number of carbonyl (C=O) groups is 2. The quantitative estimate of drug-likeness (QED) is 0.717. The molecular formula is C17H26N2O6. The molecule has 0 spiro atoms. The first-order valence-electron chi connectivity index (χ1n) is 7.92. The SMILES string of the molecule is COc1ccnc(C(=O)N[C@@H](C)C(=O)O[C@@H](C)COC(C)(C)C)c1O. The smallest absolute Gasteiger partial charge is 0.328 e. The molecule has 0 unspecified atom stereocenters. The molecule has 140 valence electrons. The van der Waals surface area contributed by atoms with Crippen LogP contribution in [-0.4, -0.2) is 53.4 Å². The van der Waals surface area contributed by atoms with Gasteiger partial charge in [-0.05, 0) is 34.6 Å². The average molecular weight is 354 g/mol. The van der Waals surface area contributed by atoms with E-state index in [-0.39, 0.29) is 23.7 Å². The van der Waals surface area contributed by atoms with Gasteiger partial charge in [0.15, 0.2) is 17.2 Å². The van der Waals surface area contributed by atoms with Crippen LogP contribution in [0.5, 0.6) is 11.5 Å². The van der Waals surface area contributed by atoms with Crippen LogP contribution >= 0.6 is 0 Å². The molecule has 8 heteroatoms. The molecule has 8 nitrogen and oxygen atoms in total. The standard InChI is InChI=1S/C17H26N2O6/c1-10(9-24-17(3,4)5)25-16(22)11(2)19-15(21)13-14(20)12(23-6)7-8-18-13/h7-8,10-11,20H,9H2,1-6H3,(H,19,21)/t10-,11-/m0/s1. The van der Waals surface area contributed by atoms with E-state index < -0.39 is 29.8 Å². The van der Waals surface area contributed by atoms with Crippen LogP contribution in [0.25, 0.3) is 0 Å². The van der Waals surface area contributed by atoms with E-state index in [1.54, 1.807) is 6.92 Å². The van der Waals surface area contributed by atoms with Gasteiger partial charge in [-0.3, -0.25) is 4.79 Å². The summed E-state index contributed by atoms with van der Waals surface area (Å²) in [6.45, 7) is 9.13. The number of methoxy groups -OCH3 is 1. The Morgan fingerprint density at radius 1 is 1.32 bits per heavy atom. The molecule has 1 heterocycles. The summed E-state index contributed by atoms with van der Waals surface area (Å²) in [4.78, 5) is 28.0. The minimum Gasteiger partial charge on any atom is -0.503 e. The van der Waals surface area contributed by atoms with Gasteiger partial charge < -0.3 is 24.6 Å². The molecule has 2 N–H and O–H groups in total. The van der Waals surface area contributed by atoms with Crippen LogP contribution in [0.1, 0.15) is 45.1 Å². The molecule has 0 radical (unpaired) electrons. The maximum Gasteiger partial charge on any atom is 0.328 e. The maximum absolute atomic E-state index is 12.2. The minimum absolute atomic E-state index is 0.114. The number of rotatable bonds is 7. The summed E-state index contributed by atoms with van der Waals surface area (Å²) in [5.74, 6) is -1.60. The summed E-state index contributed by atoms with van der Waals surface area (Å²) in [5.41, 5.74) is -0.570. The van der Waals surface area contributed by atoms with E-state index in [1.165, 1.54) is 26.3 Å². The summed E-state index contributed by atoms with van der Waals surface area (Å²) in [6.07, 6.45) is 0.858. The van der Waals surface area contributed by atoms with Gasteiger partial charge in [0.25, 0.3) is 5.91 Å². The normalized spacial score (nSPS) is 13.7. The Labute approximate surface area is 147 Å². The predicted octanol–water partition coefficient (Wildman–Crippen LogP) is 1.66. The van der Waals surface area contributed by atoms with Crippen molar-refractivity contribution in [1.82, 2.24) is 10.3 Å².